The average Bonchev–Trinajstić information content (AvgIpc) is 2.79. The van der Waals surface area contributed by atoms with Crippen LogP contribution in [0.2, 0.25) is 5.02 Å². The van der Waals surface area contributed by atoms with Gasteiger partial charge < -0.3 is 10.4 Å². The van der Waals surface area contributed by atoms with Crippen LogP contribution in [0.1, 0.15) is 46.6 Å². The van der Waals surface area contributed by atoms with Gasteiger partial charge in [0.25, 0.3) is 5.91 Å². The molecule has 2 aromatic rings. The number of hydrogen-bond acceptors (Lipinski definition) is 3. The maximum atomic E-state index is 12.5. The molecule has 1 saturated carbocycles. The normalized spacial score (nSPS) is 15.8. The van der Waals surface area contributed by atoms with Crippen molar-refractivity contribution < 1.29 is 9.90 Å². The van der Waals surface area contributed by atoms with E-state index < -0.39 is 5.60 Å². The van der Waals surface area contributed by atoms with Crippen LogP contribution in [0.4, 0.5) is 0 Å². The van der Waals surface area contributed by atoms with Gasteiger partial charge in [-0.25, -0.2) is 0 Å². The van der Waals surface area contributed by atoms with Crippen LogP contribution in [-0.4, -0.2) is 32.9 Å². The predicted octanol–water partition coefficient (Wildman–Crippen LogP) is 2.85. The van der Waals surface area contributed by atoms with E-state index >= 15 is 0 Å². The molecule has 1 aromatic carbocycles. The largest absolute Gasteiger partial charge is 0.388 e. The molecule has 0 bridgehead atoms. The SMILES string of the molecule is Cc1nn(Cc2ccc(Cl)cc2)c(C)c1C(=O)NCC1(O)CCC1. The Bertz CT molecular complexity index is 748. The molecule has 128 valence electrons. The summed E-state index contributed by atoms with van der Waals surface area (Å²) in [6.45, 7) is 4.61. The molecule has 24 heavy (non-hydrogen) atoms. The maximum absolute atomic E-state index is 12.5. The first-order chi connectivity index (χ1) is 11.4. The number of aliphatic hydroxyl groups is 1. The monoisotopic (exact) mass is 347 g/mol. The number of nitrogens with zero attached hydrogens (tertiary/aromatic N) is 2. The smallest absolute Gasteiger partial charge is 0.255 e. The quantitative estimate of drug-likeness (QED) is 0.874. The molecule has 1 heterocycles. The summed E-state index contributed by atoms with van der Waals surface area (Å²) in [7, 11) is 0. The number of halogens is 1. The standard InChI is InChI=1S/C18H22ClN3O2/c1-12-16(17(23)20-11-18(24)8-3-9-18)13(2)22(21-12)10-14-4-6-15(19)7-5-14/h4-7,24H,3,8-11H2,1-2H3,(H,20,23). The molecule has 1 aliphatic rings. The van der Waals surface area contributed by atoms with Gasteiger partial charge in [0.2, 0.25) is 0 Å². The lowest BCUT2D eigenvalue weighted by atomic mass is 9.80. The van der Waals surface area contributed by atoms with Crippen molar-refractivity contribution in [3.05, 3.63) is 51.8 Å². The van der Waals surface area contributed by atoms with Crippen molar-refractivity contribution in [2.45, 2.75) is 45.3 Å². The van der Waals surface area contributed by atoms with Crippen LogP contribution in [0.3, 0.4) is 0 Å². The fourth-order valence-electron chi connectivity index (χ4n) is 3.04. The van der Waals surface area contributed by atoms with Crippen LogP contribution in [0.5, 0.6) is 0 Å². The van der Waals surface area contributed by atoms with Gasteiger partial charge in [0, 0.05) is 17.3 Å². The predicted molar refractivity (Wildman–Crippen MR) is 93.4 cm³/mol. The van der Waals surface area contributed by atoms with Gasteiger partial charge in [-0.2, -0.15) is 5.10 Å². The number of aryl methyl sites for hydroxylation is 1. The second kappa shape index (κ2) is 6.57. The number of amides is 1. The Morgan fingerprint density at radius 2 is 2.00 bits per heavy atom. The third kappa shape index (κ3) is 3.47. The van der Waals surface area contributed by atoms with Crippen molar-refractivity contribution in [3.63, 3.8) is 0 Å². The van der Waals surface area contributed by atoms with E-state index in [0.29, 0.717) is 29.4 Å². The minimum absolute atomic E-state index is 0.173. The minimum atomic E-state index is -0.725. The van der Waals surface area contributed by atoms with E-state index in [9.17, 15) is 9.90 Å². The summed E-state index contributed by atoms with van der Waals surface area (Å²) in [5.74, 6) is -0.173. The molecule has 1 aromatic heterocycles. The lowest BCUT2D eigenvalue weighted by Gasteiger charge is -2.36. The number of carbonyl (C=O) groups is 1. The molecule has 1 fully saturated rings. The lowest BCUT2D eigenvalue weighted by Crippen LogP contribution is -2.47. The molecule has 1 amide bonds. The Morgan fingerprint density at radius 3 is 2.58 bits per heavy atom. The summed E-state index contributed by atoms with van der Waals surface area (Å²) in [4.78, 5) is 12.5. The van der Waals surface area contributed by atoms with Crippen LogP contribution in [0.15, 0.2) is 24.3 Å². The van der Waals surface area contributed by atoms with Crippen molar-refractivity contribution >= 4 is 17.5 Å². The third-order valence-corrected chi connectivity index (χ3v) is 4.97. The lowest BCUT2D eigenvalue weighted by molar-refractivity contribution is -0.0300. The van der Waals surface area contributed by atoms with Gasteiger partial charge >= 0.3 is 0 Å². The van der Waals surface area contributed by atoms with Gasteiger partial charge in [0.05, 0.1) is 23.4 Å². The summed E-state index contributed by atoms with van der Waals surface area (Å²) in [6, 6.07) is 7.58. The number of hydrogen-bond donors (Lipinski definition) is 2. The van der Waals surface area contributed by atoms with Crippen molar-refractivity contribution in [3.8, 4) is 0 Å². The van der Waals surface area contributed by atoms with Gasteiger partial charge in [0.15, 0.2) is 0 Å². The molecule has 5 nitrogen and oxygen atoms in total. The topological polar surface area (TPSA) is 67.2 Å². The molecule has 1 aliphatic carbocycles. The molecular formula is C18H22ClN3O2. The first-order valence-electron chi connectivity index (χ1n) is 8.17. The van der Waals surface area contributed by atoms with Crippen LogP contribution < -0.4 is 5.32 Å². The van der Waals surface area contributed by atoms with Crippen molar-refractivity contribution in [1.29, 1.82) is 0 Å². The zero-order valence-electron chi connectivity index (χ0n) is 14.0. The number of nitrogens with one attached hydrogen (secondary N) is 1. The summed E-state index contributed by atoms with van der Waals surface area (Å²) >= 11 is 5.91. The fraction of sp³-hybridized carbons (Fsp3) is 0.444. The Labute approximate surface area is 146 Å². The van der Waals surface area contributed by atoms with Crippen molar-refractivity contribution in [1.82, 2.24) is 15.1 Å². The van der Waals surface area contributed by atoms with E-state index in [2.05, 4.69) is 10.4 Å². The van der Waals surface area contributed by atoms with E-state index in [1.807, 2.05) is 42.8 Å². The second-order valence-corrected chi connectivity index (χ2v) is 7.03. The van der Waals surface area contributed by atoms with E-state index in [4.69, 9.17) is 11.6 Å². The van der Waals surface area contributed by atoms with Crippen LogP contribution in [0, 0.1) is 13.8 Å². The van der Waals surface area contributed by atoms with Gasteiger partial charge in [-0.3, -0.25) is 9.48 Å². The highest BCUT2D eigenvalue weighted by Gasteiger charge is 2.35. The minimum Gasteiger partial charge on any atom is -0.388 e. The van der Waals surface area contributed by atoms with Crippen LogP contribution in [0.25, 0.3) is 0 Å². The number of aromatic nitrogens is 2. The Morgan fingerprint density at radius 1 is 1.33 bits per heavy atom. The highest BCUT2D eigenvalue weighted by atomic mass is 35.5. The highest BCUT2D eigenvalue weighted by molar-refractivity contribution is 6.30. The Hall–Kier alpha value is -1.85. The van der Waals surface area contributed by atoms with E-state index in [-0.39, 0.29) is 5.91 Å². The molecule has 0 spiro atoms. The Kier molecular flexibility index (Phi) is 4.65. The second-order valence-electron chi connectivity index (χ2n) is 6.59. The summed E-state index contributed by atoms with van der Waals surface area (Å²) in [6.07, 6.45) is 2.52. The van der Waals surface area contributed by atoms with Crippen LogP contribution >= 0.6 is 11.6 Å². The molecule has 0 aliphatic heterocycles. The average molecular weight is 348 g/mol. The van der Waals surface area contributed by atoms with E-state index in [1.165, 1.54) is 0 Å². The summed E-state index contributed by atoms with van der Waals surface area (Å²) in [5.41, 5.74) is 2.45. The number of rotatable bonds is 5. The summed E-state index contributed by atoms with van der Waals surface area (Å²) in [5, 5.41) is 18.2. The molecule has 0 radical (unpaired) electrons. The summed E-state index contributed by atoms with van der Waals surface area (Å²) < 4.78 is 1.82. The molecule has 6 heteroatoms. The van der Waals surface area contributed by atoms with E-state index in [0.717, 1.165) is 30.5 Å². The van der Waals surface area contributed by atoms with Crippen LogP contribution in [-0.2, 0) is 6.54 Å². The molecule has 3 rings (SSSR count). The first kappa shape index (κ1) is 17.0. The zero-order valence-corrected chi connectivity index (χ0v) is 14.7. The van der Waals surface area contributed by atoms with Gasteiger partial charge in [-0.15, -0.1) is 0 Å². The van der Waals surface area contributed by atoms with Gasteiger partial charge in [0.1, 0.15) is 0 Å². The fourth-order valence-corrected chi connectivity index (χ4v) is 3.16. The van der Waals surface area contributed by atoms with Crippen molar-refractivity contribution in [2.24, 2.45) is 0 Å². The molecule has 0 unspecified atom stereocenters. The molecule has 2 N–H and O–H groups in total. The zero-order chi connectivity index (χ0) is 17.3. The number of carbonyl (C=O) groups excluding carboxylic acids is 1. The Balaban J connectivity index is 1.73. The highest BCUT2D eigenvalue weighted by Crippen LogP contribution is 2.30. The van der Waals surface area contributed by atoms with E-state index in [1.54, 1.807) is 0 Å². The number of benzene rings is 1. The molecular weight excluding hydrogens is 326 g/mol. The molecule has 0 saturated heterocycles. The maximum Gasteiger partial charge on any atom is 0.255 e. The van der Waals surface area contributed by atoms with Gasteiger partial charge in [-0.05, 0) is 50.8 Å². The molecule has 0 atom stereocenters. The van der Waals surface area contributed by atoms with Crippen molar-refractivity contribution in [2.75, 3.05) is 6.54 Å². The third-order valence-electron chi connectivity index (χ3n) is 4.72. The van der Waals surface area contributed by atoms with Gasteiger partial charge in [-0.1, -0.05) is 23.7 Å². The first-order valence-corrected chi connectivity index (χ1v) is 8.55.